The Labute approximate surface area is 70.2 Å². The molecule has 0 radical (unpaired) electrons. The summed E-state index contributed by atoms with van der Waals surface area (Å²) >= 11 is 0. The maximum absolute atomic E-state index is 11.9. The molecule has 12 heavy (non-hydrogen) atoms. The molecule has 1 heterocycles. The van der Waals surface area contributed by atoms with Crippen LogP contribution in [0.4, 0.5) is 8.78 Å². The molecule has 1 aromatic heterocycles. The Morgan fingerprint density at radius 1 is 1.58 bits per heavy atom. The molecule has 0 aliphatic carbocycles. The highest BCUT2D eigenvalue weighted by molar-refractivity contribution is 5.03. The van der Waals surface area contributed by atoms with Crippen molar-refractivity contribution in [3.63, 3.8) is 0 Å². The van der Waals surface area contributed by atoms with E-state index in [0.717, 1.165) is 18.4 Å². The fraction of sp³-hybridized carbons (Fsp3) is 0.625. The van der Waals surface area contributed by atoms with Crippen LogP contribution in [0, 0.1) is 0 Å². The molecular formula is C8H12F2N2. The molecule has 0 fully saturated rings. The van der Waals surface area contributed by atoms with Gasteiger partial charge in [-0.2, -0.15) is 5.10 Å². The van der Waals surface area contributed by atoms with Gasteiger partial charge >= 0.3 is 0 Å². The summed E-state index contributed by atoms with van der Waals surface area (Å²) < 4.78 is 25.0. The van der Waals surface area contributed by atoms with E-state index >= 15 is 0 Å². The highest BCUT2D eigenvalue weighted by Gasteiger charge is 2.04. The van der Waals surface area contributed by atoms with Crippen molar-refractivity contribution in [2.24, 2.45) is 0 Å². The van der Waals surface area contributed by atoms with E-state index in [1.165, 1.54) is 4.68 Å². The molecule has 2 nitrogen and oxygen atoms in total. The number of halogens is 2. The highest BCUT2D eigenvalue weighted by Crippen LogP contribution is 2.03. The first-order valence-electron chi connectivity index (χ1n) is 4.02. The summed E-state index contributed by atoms with van der Waals surface area (Å²) in [5.41, 5.74) is 1.03. The van der Waals surface area contributed by atoms with Gasteiger partial charge in [0.1, 0.15) is 6.54 Å². The van der Waals surface area contributed by atoms with Gasteiger partial charge in [-0.15, -0.1) is 0 Å². The summed E-state index contributed by atoms with van der Waals surface area (Å²) in [4.78, 5) is 0. The topological polar surface area (TPSA) is 17.8 Å². The Morgan fingerprint density at radius 2 is 2.33 bits per heavy atom. The first-order chi connectivity index (χ1) is 5.72. The number of hydrogen-bond donors (Lipinski definition) is 0. The molecule has 1 rings (SSSR count). The third-order valence-corrected chi connectivity index (χ3v) is 1.55. The lowest BCUT2D eigenvalue weighted by Crippen LogP contribution is -2.06. The number of alkyl halides is 2. The zero-order valence-electron chi connectivity index (χ0n) is 7.00. The van der Waals surface area contributed by atoms with E-state index in [-0.39, 0.29) is 6.54 Å². The normalized spacial score (nSPS) is 11.0. The Hall–Kier alpha value is -0.930. The summed E-state index contributed by atoms with van der Waals surface area (Å²) in [5, 5.41) is 3.81. The van der Waals surface area contributed by atoms with Crippen molar-refractivity contribution in [2.45, 2.75) is 32.7 Å². The average Bonchev–Trinajstić information content (AvgIpc) is 2.36. The molecule has 0 atom stereocenters. The summed E-state index contributed by atoms with van der Waals surface area (Å²) in [6, 6.07) is 0. The molecule has 0 bridgehead atoms. The van der Waals surface area contributed by atoms with Crippen LogP contribution in [-0.2, 0) is 13.0 Å². The largest absolute Gasteiger partial charge is 0.267 e. The molecule has 0 saturated carbocycles. The predicted octanol–water partition coefficient (Wildman–Crippen LogP) is 2.10. The highest BCUT2D eigenvalue weighted by atomic mass is 19.3. The summed E-state index contributed by atoms with van der Waals surface area (Å²) in [7, 11) is 0. The molecule has 0 aliphatic rings. The first kappa shape index (κ1) is 9.16. The van der Waals surface area contributed by atoms with Crippen LogP contribution in [0.25, 0.3) is 0 Å². The Bertz CT molecular complexity index is 233. The van der Waals surface area contributed by atoms with Gasteiger partial charge in [0.2, 0.25) is 0 Å². The van der Waals surface area contributed by atoms with Crippen LogP contribution in [0.15, 0.2) is 12.4 Å². The fourth-order valence-corrected chi connectivity index (χ4v) is 1.07. The van der Waals surface area contributed by atoms with Gasteiger partial charge in [-0.25, -0.2) is 8.78 Å². The second-order valence-electron chi connectivity index (χ2n) is 2.71. The minimum atomic E-state index is -2.32. The quantitative estimate of drug-likeness (QED) is 0.683. The van der Waals surface area contributed by atoms with Gasteiger partial charge in [-0.3, -0.25) is 4.68 Å². The second kappa shape index (κ2) is 4.18. The summed E-state index contributed by atoms with van der Waals surface area (Å²) in [5.74, 6) is 0. The number of aryl methyl sites for hydroxylation is 1. The molecule has 0 spiro atoms. The van der Waals surface area contributed by atoms with Crippen LogP contribution in [-0.4, -0.2) is 16.2 Å². The maximum Gasteiger partial charge on any atom is 0.257 e. The van der Waals surface area contributed by atoms with E-state index in [1.54, 1.807) is 12.4 Å². The van der Waals surface area contributed by atoms with Crippen molar-refractivity contribution >= 4 is 0 Å². The van der Waals surface area contributed by atoms with Crippen LogP contribution in [0.1, 0.15) is 18.9 Å². The molecular weight excluding hydrogens is 162 g/mol. The van der Waals surface area contributed by atoms with Crippen molar-refractivity contribution in [1.82, 2.24) is 9.78 Å². The molecule has 0 N–H and O–H groups in total. The van der Waals surface area contributed by atoms with Crippen LogP contribution >= 0.6 is 0 Å². The number of hydrogen-bond acceptors (Lipinski definition) is 1. The molecule has 0 amide bonds. The Morgan fingerprint density at radius 3 is 2.92 bits per heavy atom. The van der Waals surface area contributed by atoms with Gasteiger partial charge in [0, 0.05) is 6.20 Å². The zero-order chi connectivity index (χ0) is 8.97. The van der Waals surface area contributed by atoms with Crippen LogP contribution in [0.3, 0.4) is 0 Å². The van der Waals surface area contributed by atoms with E-state index < -0.39 is 6.43 Å². The smallest absolute Gasteiger partial charge is 0.257 e. The Kier molecular flexibility index (Phi) is 3.19. The van der Waals surface area contributed by atoms with Crippen LogP contribution in [0.2, 0.25) is 0 Å². The lowest BCUT2D eigenvalue weighted by atomic mass is 10.2. The molecule has 0 aromatic carbocycles. The van der Waals surface area contributed by atoms with Gasteiger partial charge in [-0.05, 0) is 12.0 Å². The van der Waals surface area contributed by atoms with E-state index in [9.17, 15) is 8.78 Å². The van der Waals surface area contributed by atoms with Crippen molar-refractivity contribution in [2.75, 3.05) is 0 Å². The monoisotopic (exact) mass is 174 g/mol. The molecule has 68 valence electrons. The third kappa shape index (κ3) is 2.60. The average molecular weight is 174 g/mol. The van der Waals surface area contributed by atoms with Gasteiger partial charge < -0.3 is 0 Å². The number of nitrogens with zero attached hydrogens (tertiary/aromatic N) is 2. The fourth-order valence-electron chi connectivity index (χ4n) is 1.07. The zero-order valence-corrected chi connectivity index (χ0v) is 7.00. The first-order valence-corrected chi connectivity index (χ1v) is 4.02. The maximum atomic E-state index is 11.9. The van der Waals surface area contributed by atoms with Crippen LogP contribution < -0.4 is 0 Å². The lowest BCUT2D eigenvalue weighted by Gasteiger charge is -1.97. The minimum Gasteiger partial charge on any atom is -0.267 e. The second-order valence-corrected chi connectivity index (χ2v) is 2.71. The lowest BCUT2D eigenvalue weighted by molar-refractivity contribution is 0.122. The van der Waals surface area contributed by atoms with Gasteiger partial charge in [-0.1, -0.05) is 13.3 Å². The standard InChI is InChI=1S/C8H12F2N2/c1-2-3-7-4-11-12(5-7)6-8(9)10/h4-5,8H,2-3,6H2,1H3. The van der Waals surface area contributed by atoms with Crippen molar-refractivity contribution in [3.05, 3.63) is 18.0 Å². The SMILES string of the molecule is CCCc1cnn(CC(F)F)c1. The van der Waals surface area contributed by atoms with E-state index in [1.807, 2.05) is 6.92 Å². The molecule has 1 aromatic rings. The number of aromatic nitrogens is 2. The third-order valence-electron chi connectivity index (χ3n) is 1.55. The molecule has 4 heteroatoms. The summed E-state index contributed by atoms with van der Waals surface area (Å²) in [6.07, 6.45) is 2.92. The number of rotatable bonds is 4. The Balaban J connectivity index is 2.52. The van der Waals surface area contributed by atoms with E-state index in [4.69, 9.17) is 0 Å². The predicted molar refractivity (Wildman–Crippen MR) is 42.2 cm³/mol. The van der Waals surface area contributed by atoms with Crippen molar-refractivity contribution < 1.29 is 8.78 Å². The van der Waals surface area contributed by atoms with Crippen LogP contribution in [0.5, 0.6) is 0 Å². The summed E-state index contributed by atoms with van der Waals surface area (Å²) in [6.45, 7) is 1.74. The molecule has 0 unspecified atom stereocenters. The van der Waals surface area contributed by atoms with Gasteiger partial charge in [0.05, 0.1) is 6.20 Å². The van der Waals surface area contributed by atoms with Gasteiger partial charge in [0.15, 0.2) is 0 Å². The van der Waals surface area contributed by atoms with E-state index in [0.29, 0.717) is 0 Å². The molecule has 0 aliphatic heterocycles. The minimum absolute atomic E-state index is 0.302. The van der Waals surface area contributed by atoms with Gasteiger partial charge in [0.25, 0.3) is 6.43 Å². The van der Waals surface area contributed by atoms with Crippen molar-refractivity contribution in [3.8, 4) is 0 Å². The van der Waals surface area contributed by atoms with E-state index in [2.05, 4.69) is 5.10 Å². The van der Waals surface area contributed by atoms with Crippen molar-refractivity contribution in [1.29, 1.82) is 0 Å². The molecule has 0 saturated heterocycles.